The summed E-state index contributed by atoms with van der Waals surface area (Å²) in [5.74, 6) is -0.364. The minimum atomic E-state index is -3.24. The topological polar surface area (TPSA) is 74.6 Å². The highest BCUT2D eigenvalue weighted by Crippen LogP contribution is 2.36. The summed E-state index contributed by atoms with van der Waals surface area (Å²) in [6, 6.07) is 4.89. The first-order chi connectivity index (χ1) is 7.39. The van der Waals surface area contributed by atoms with Gasteiger partial charge in [0.05, 0.1) is 4.90 Å². The summed E-state index contributed by atoms with van der Waals surface area (Å²) in [7, 11) is -3.24. The van der Waals surface area contributed by atoms with Crippen LogP contribution in [0.25, 0.3) is 0 Å². The van der Waals surface area contributed by atoms with Gasteiger partial charge in [0.15, 0.2) is 16.1 Å². The third-order valence-corrected chi connectivity index (χ3v) is 4.14. The van der Waals surface area contributed by atoms with Crippen molar-refractivity contribution >= 4 is 9.84 Å². The van der Waals surface area contributed by atoms with Gasteiger partial charge >= 0.3 is 0 Å². The van der Waals surface area contributed by atoms with E-state index in [2.05, 4.69) is 0 Å². The van der Waals surface area contributed by atoms with Crippen LogP contribution in [0.15, 0.2) is 23.1 Å². The van der Waals surface area contributed by atoms with Gasteiger partial charge in [0.2, 0.25) is 0 Å². The summed E-state index contributed by atoms with van der Waals surface area (Å²) in [6.45, 7) is 0. The highest BCUT2D eigenvalue weighted by molar-refractivity contribution is 7.90. The Labute approximate surface area is 94.5 Å². The van der Waals surface area contributed by atoms with Crippen LogP contribution in [0.5, 0.6) is 0 Å². The molecule has 2 N–H and O–H groups in total. The van der Waals surface area contributed by atoms with Crippen molar-refractivity contribution < 1.29 is 18.6 Å². The lowest BCUT2D eigenvalue weighted by molar-refractivity contribution is -0.0597. The lowest BCUT2D eigenvalue weighted by Crippen LogP contribution is -2.15. The van der Waals surface area contributed by atoms with E-state index in [0.717, 1.165) is 23.8 Å². The molecule has 0 bridgehead atoms. The molecule has 1 aliphatic rings. The second kappa shape index (κ2) is 3.84. The fourth-order valence-electron chi connectivity index (χ4n) is 2.15. The Morgan fingerprint density at radius 1 is 1.38 bits per heavy atom. The quantitative estimate of drug-likeness (QED) is 0.738. The molecule has 0 fully saturated rings. The van der Waals surface area contributed by atoms with Gasteiger partial charge in [0, 0.05) is 12.2 Å². The molecule has 1 atom stereocenters. The normalized spacial score (nSPS) is 20.1. The van der Waals surface area contributed by atoms with Crippen molar-refractivity contribution in [3.05, 3.63) is 29.3 Å². The smallest absolute Gasteiger partial charge is 0.175 e. The van der Waals surface area contributed by atoms with E-state index in [9.17, 15) is 18.6 Å². The average Bonchev–Trinajstić information content (AvgIpc) is 2.58. The van der Waals surface area contributed by atoms with Gasteiger partial charge in [-0.25, -0.2) is 8.42 Å². The monoisotopic (exact) mass is 242 g/mol. The molecule has 0 aliphatic heterocycles. The van der Waals surface area contributed by atoms with E-state index in [1.165, 1.54) is 0 Å². The second-order valence-corrected chi connectivity index (χ2v) is 6.21. The minimum absolute atomic E-state index is 0.235. The molecule has 0 saturated heterocycles. The number of hydrogen-bond donors (Lipinski definition) is 2. The van der Waals surface area contributed by atoms with E-state index >= 15 is 0 Å². The van der Waals surface area contributed by atoms with Gasteiger partial charge in [0.1, 0.15) is 0 Å². The second-order valence-electron chi connectivity index (χ2n) is 4.19. The number of rotatable bonds is 2. The van der Waals surface area contributed by atoms with Crippen molar-refractivity contribution in [3.8, 4) is 0 Å². The molecular formula is C11H14O4S. The maximum atomic E-state index is 11.4. The van der Waals surface area contributed by atoms with E-state index in [-0.39, 0.29) is 10.8 Å². The zero-order valence-corrected chi connectivity index (χ0v) is 9.74. The van der Waals surface area contributed by atoms with Crippen LogP contribution in [0.2, 0.25) is 0 Å². The molecule has 1 aromatic rings. The highest BCUT2D eigenvalue weighted by Gasteiger charge is 2.28. The third kappa shape index (κ3) is 1.98. The molecule has 16 heavy (non-hydrogen) atoms. The first-order valence-corrected chi connectivity index (χ1v) is 6.98. The van der Waals surface area contributed by atoms with Gasteiger partial charge in [0.25, 0.3) is 0 Å². The van der Waals surface area contributed by atoms with Crippen molar-refractivity contribution in [2.24, 2.45) is 0 Å². The van der Waals surface area contributed by atoms with E-state index in [1.807, 2.05) is 0 Å². The predicted molar refractivity (Wildman–Crippen MR) is 58.8 cm³/mol. The molecule has 0 saturated carbocycles. The third-order valence-electron chi connectivity index (χ3n) is 3.03. The number of aryl methyl sites for hydroxylation is 1. The van der Waals surface area contributed by atoms with Gasteiger partial charge in [-0.1, -0.05) is 6.07 Å². The Morgan fingerprint density at radius 3 is 2.62 bits per heavy atom. The van der Waals surface area contributed by atoms with Crippen LogP contribution in [0.4, 0.5) is 0 Å². The number of sulfone groups is 1. The Bertz CT molecular complexity index is 505. The lowest BCUT2D eigenvalue weighted by atomic mass is 10.0. The summed E-state index contributed by atoms with van der Waals surface area (Å²) < 4.78 is 22.8. The molecule has 0 spiro atoms. The van der Waals surface area contributed by atoms with Gasteiger partial charge in [-0.2, -0.15) is 0 Å². The predicted octanol–water partition coefficient (Wildman–Crippen LogP) is 0.431. The standard InChI is InChI=1S/C11H14O4S/c1-16(14,15)8-4-2-7-3-5-9(11(12)13)10(7)6-8/h2,4,6,9,11-13H,3,5H2,1H3. The summed E-state index contributed by atoms with van der Waals surface area (Å²) in [6.07, 6.45) is 1.15. The van der Waals surface area contributed by atoms with Crippen LogP contribution >= 0.6 is 0 Å². The number of fused-ring (bicyclic) bond motifs is 1. The van der Waals surface area contributed by atoms with Gasteiger partial charge in [-0.15, -0.1) is 0 Å². The van der Waals surface area contributed by atoms with Crippen LogP contribution in [-0.2, 0) is 16.3 Å². The van der Waals surface area contributed by atoms with Crippen LogP contribution in [0.3, 0.4) is 0 Å². The zero-order chi connectivity index (χ0) is 11.9. The maximum Gasteiger partial charge on any atom is 0.175 e. The van der Waals surface area contributed by atoms with Crippen LogP contribution < -0.4 is 0 Å². The zero-order valence-electron chi connectivity index (χ0n) is 8.92. The molecule has 1 aromatic carbocycles. The Hall–Kier alpha value is -0.910. The molecule has 5 heteroatoms. The van der Waals surface area contributed by atoms with E-state index < -0.39 is 16.1 Å². The Balaban J connectivity index is 2.50. The fourth-order valence-corrected chi connectivity index (χ4v) is 2.81. The van der Waals surface area contributed by atoms with Crippen LogP contribution in [0, 0.1) is 0 Å². The van der Waals surface area contributed by atoms with Crippen molar-refractivity contribution in [2.45, 2.75) is 29.9 Å². The first-order valence-electron chi connectivity index (χ1n) is 5.08. The van der Waals surface area contributed by atoms with Crippen molar-refractivity contribution in [1.29, 1.82) is 0 Å². The first kappa shape index (κ1) is 11.6. The van der Waals surface area contributed by atoms with Crippen molar-refractivity contribution in [1.82, 2.24) is 0 Å². The van der Waals surface area contributed by atoms with Gasteiger partial charge in [-0.3, -0.25) is 0 Å². The van der Waals surface area contributed by atoms with Gasteiger partial charge in [-0.05, 0) is 36.1 Å². The molecule has 0 radical (unpaired) electrons. The molecule has 1 unspecified atom stereocenters. The van der Waals surface area contributed by atoms with Crippen LogP contribution in [0.1, 0.15) is 23.5 Å². The number of aliphatic hydroxyl groups is 2. The Morgan fingerprint density at radius 2 is 2.06 bits per heavy atom. The number of hydrogen-bond acceptors (Lipinski definition) is 4. The van der Waals surface area contributed by atoms with Crippen molar-refractivity contribution in [2.75, 3.05) is 6.26 Å². The molecule has 88 valence electrons. The fraction of sp³-hybridized carbons (Fsp3) is 0.455. The minimum Gasteiger partial charge on any atom is -0.368 e. The molecule has 0 aromatic heterocycles. The average molecular weight is 242 g/mol. The maximum absolute atomic E-state index is 11.4. The largest absolute Gasteiger partial charge is 0.368 e. The molecule has 0 amide bonds. The summed E-state index contributed by atoms with van der Waals surface area (Å²) in [5.41, 5.74) is 1.75. The summed E-state index contributed by atoms with van der Waals surface area (Å²) in [4.78, 5) is 0.235. The lowest BCUT2D eigenvalue weighted by Gasteiger charge is -2.14. The number of aliphatic hydroxyl groups excluding tert-OH is 1. The Kier molecular flexibility index (Phi) is 2.77. The van der Waals surface area contributed by atoms with E-state index in [1.54, 1.807) is 18.2 Å². The molecular weight excluding hydrogens is 228 g/mol. The summed E-state index contributed by atoms with van der Waals surface area (Å²) >= 11 is 0. The van der Waals surface area contributed by atoms with E-state index in [0.29, 0.717) is 6.42 Å². The molecule has 1 aliphatic carbocycles. The number of benzene rings is 1. The summed E-state index contributed by atoms with van der Waals surface area (Å²) in [5, 5.41) is 18.4. The molecule has 2 rings (SSSR count). The van der Waals surface area contributed by atoms with Gasteiger partial charge < -0.3 is 10.2 Å². The highest BCUT2D eigenvalue weighted by atomic mass is 32.2. The SMILES string of the molecule is CS(=O)(=O)c1ccc2c(c1)C(C(O)O)CC2. The van der Waals surface area contributed by atoms with Crippen LogP contribution in [-0.4, -0.2) is 31.2 Å². The molecule has 4 nitrogen and oxygen atoms in total. The van der Waals surface area contributed by atoms with Crippen molar-refractivity contribution in [3.63, 3.8) is 0 Å². The molecule has 0 heterocycles. The van der Waals surface area contributed by atoms with E-state index in [4.69, 9.17) is 0 Å².